The van der Waals surface area contributed by atoms with Gasteiger partial charge in [0.25, 0.3) is 0 Å². The number of esters is 1. The van der Waals surface area contributed by atoms with Crippen molar-refractivity contribution in [1.29, 1.82) is 0 Å². The van der Waals surface area contributed by atoms with Crippen LogP contribution in [0.5, 0.6) is 0 Å². The van der Waals surface area contributed by atoms with Crippen LogP contribution in [0.1, 0.15) is 32.8 Å². The van der Waals surface area contributed by atoms with Crippen molar-refractivity contribution in [3.05, 3.63) is 28.4 Å². The van der Waals surface area contributed by atoms with Gasteiger partial charge >= 0.3 is 5.97 Å². The molecule has 0 spiro atoms. The minimum Gasteiger partial charge on any atom is -0.459 e. The molecular weight excluding hydrogens is 364 g/mol. The summed E-state index contributed by atoms with van der Waals surface area (Å²) in [5.74, 6) is -0.329. The number of fused-ring (bicyclic) bond motifs is 1. The zero-order valence-corrected chi connectivity index (χ0v) is 14.9. The fraction of sp³-hybridized carbons (Fsp3) is 0.500. The topological polar surface area (TPSA) is 62.6 Å². The summed E-state index contributed by atoms with van der Waals surface area (Å²) in [5, 5.41) is 5.43. The second kappa shape index (κ2) is 6.22. The summed E-state index contributed by atoms with van der Waals surface area (Å²) >= 11 is 3.46. The number of ether oxygens (including phenoxy) is 3. The van der Waals surface area contributed by atoms with Gasteiger partial charge < -0.3 is 14.2 Å². The summed E-state index contributed by atoms with van der Waals surface area (Å²) in [6, 6.07) is 5.78. The minimum atomic E-state index is -0.524. The molecule has 6 nitrogen and oxygen atoms in total. The molecule has 1 aliphatic heterocycles. The van der Waals surface area contributed by atoms with E-state index in [9.17, 15) is 4.79 Å². The Labute approximate surface area is 142 Å². The van der Waals surface area contributed by atoms with Crippen LogP contribution in [-0.2, 0) is 25.5 Å². The summed E-state index contributed by atoms with van der Waals surface area (Å²) in [7, 11) is 0. The van der Waals surface area contributed by atoms with E-state index in [4.69, 9.17) is 14.2 Å². The van der Waals surface area contributed by atoms with Crippen LogP contribution < -0.4 is 0 Å². The average molecular weight is 383 g/mol. The lowest BCUT2D eigenvalue weighted by Gasteiger charge is -2.19. The zero-order chi connectivity index (χ0) is 16.6. The fourth-order valence-electron chi connectivity index (χ4n) is 2.48. The second-order valence-corrected chi connectivity index (χ2v) is 7.28. The van der Waals surface area contributed by atoms with Crippen molar-refractivity contribution in [2.24, 2.45) is 0 Å². The number of carbonyl (C=O) groups excluding carboxylic acids is 1. The van der Waals surface area contributed by atoms with Gasteiger partial charge in [0.2, 0.25) is 6.29 Å². The summed E-state index contributed by atoms with van der Waals surface area (Å²) in [6.45, 7) is 6.65. The van der Waals surface area contributed by atoms with Gasteiger partial charge in [-0.2, -0.15) is 5.10 Å². The number of halogens is 1. The summed E-state index contributed by atoms with van der Waals surface area (Å²) in [5.41, 5.74) is 0.999. The van der Waals surface area contributed by atoms with Crippen molar-refractivity contribution >= 4 is 32.8 Å². The molecule has 2 heterocycles. The summed E-state index contributed by atoms with van der Waals surface area (Å²) < 4.78 is 19.1. The van der Waals surface area contributed by atoms with Crippen LogP contribution in [0.3, 0.4) is 0 Å². The first-order valence-corrected chi connectivity index (χ1v) is 8.24. The minimum absolute atomic E-state index is 0.0438. The highest BCUT2D eigenvalue weighted by Crippen LogP contribution is 2.31. The molecule has 124 valence electrons. The van der Waals surface area contributed by atoms with Gasteiger partial charge in [-0.25, -0.2) is 0 Å². The van der Waals surface area contributed by atoms with E-state index in [1.807, 2.05) is 39.0 Å². The Morgan fingerprint density at radius 3 is 2.74 bits per heavy atom. The van der Waals surface area contributed by atoms with E-state index >= 15 is 0 Å². The molecule has 2 aromatic rings. The lowest BCUT2D eigenvalue weighted by molar-refractivity contribution is -0.155. The molecule has 1 aromatic heterocycles. The molecule has 0 saturated carbocycles. The molecule has 0 atom stereocenters. The van der Waals surface area contributed by atoms with E-state index in [0.717, 1.165) is 15.4 Å². The molecule has 0 aliphatic carbocycles. The molecule has 3 rings (SSSR count). The number of rotatable bonds is 3. The van der Waals surface area contributed by atoms with Gasteiger partial charge in [-0.05, 0) is 39.0 Å². The number of nitrogens with zero attached hydrogens (tertiary/aromatic N) is 2. The Morgan fingerprint density at radius 1 is 1.39 bits per heavy atom. The van der Waals surface area contributed by atoms with Crippen LogP contribution in [0.15, 0.2) is 22.7 Å². The van der Waals surface area contributed by atoms with Gasteiger partial charge in [0.05, 0.1) is 18.7 Å². The van der Waals surface area contributed by atoms with E-state index in [1.165, 1.54) is 0 Å². The van der Waals surface area contributed by atoms with Crippen molar-refractivity contribution < 1.29 is 19.0 Å². The molecule has 1 saturated heterocycles. The van der Waals surface area contributed by atoms with Crippen molar-refractivity contribution in [2.75, 3.05) is 13.2 Å². The largest absolute Gasteiger partial charge is 0.459 e. The Kier molecular flexibility index (Phi) is 4.44. The molecule has 0 amide bonds. The highest BCUT2D eigenvalue weighted by atomic mass is 79.9. The van der Waals surface area contributed by atoms with Gasteiger partial charge in [-0.3, -0.25) is 9.48 Å². The predicted octanol–water partition coefficient (Wildman–Crippen LogP) is 3.19. The molecule has 0 radical (unpaired) electrons. The molecule has 0 N–H and O–H groups in total. The smallest absolute Gasteiger partial charge is 0.328 e. The monoisotopic (exact) mass is 382 g/mol. The Morgan fingerprint density at radius 2 is 2.09 bits per heavy atom. The molecule has 7 heteroatoms. The van der Waals surface area contributed by atoms with Crippen LogP contribution in [-0.4, -0.2) is 34.6 Å². The Bertz CT molecular complexity index is 729. The SMILES string of the molecule is CC(C)(C)OC(=O)Cn1nc(C2OCCO2)c2cc(Br)ccc21. The van der Waals surface area contributed by atoms with Crippen LogP contribution in [0.25, 0.3) is 10.9 Å². The normalized spacial score (nSPS) is 16.2. The third-order valence-electron chi connectivity index (χ3n) is 3.29. The van der Waals surface area contributed by atoms with Gasteiger partial charge in [0.1, 0.15) is 17.8 Å². The van der Waals surface area contributed by atoms with E-state index in [1.54, 1.807) is 4.68 Å². The molecular formula is C16H19BrN2O4. The van der Waals surface area contributed by atoms with Gasteiger partial charge in [-0.1, -0.05) is 15.9 Å². The average Bonchev–Trinajstić information content (AvgIpc) is 3.04. The van der Waals surface area contributed by atoms with Crippen LogP contribution in [0.4, 0.5) is 0 Å². The summed E-state index contributed by atoms with van der Waals surface area (Å²) in [6.07, 6.45) is -0.494. The first kappa shape index (κ1) is 16.4. The third kappa shape index (κ3) is 3.73. The fourth-order valence-corrected chi connectivity index (χ4v) is 2.84. The van der Waals surface area contributed by atoms with E-state index in [0.29, 0.717) is 18.9 Å². The van der Waals surface area contributed by atoms with Crippen molar-refractivity contribution in [2.45, 2.75) is 39.2 Å². The maximum Gasteiger partial charge on any atom is 0.328 e. The molecule has 1 aromatic carbocycles. The van der Waals surface area contributed by atoms with Gasteiger partial charge in [0, 0.05) is 9.86 Å². The van der Waals surface area contributed by atoms with Crippen molar-refractivity contribution in [3.63, 3.8) is 0 Å². The molecule has 1 aliphatic rings. The van der Waals surface area contributed by atoms with E-state index < -0.39 is 11.9 Å². The Balaban J connectivity index is 1.95. The number of aromatic nitrogens is 2. The lowest BCUT2D eigenvalue weighted by atomic mass is 10.2. The maximum atomic E-state index is 12.1. The number of benzene rings is 1. The molecule has 0 bridgehead atoms. The number of hydrogen-bond donors (Lipinski definition) is 0. The van der Waals surface area contributed by atoms with Crippen molar-refractivity contribution in [3.8, 4) is 0 Å². The first-order valence-electron chi connectivity index (χ1n) is 7.44. The predicted molar refractivity (Wildman–Crippen MR) is 87.9 cm³/mol. The number of carbonyl (C=O) groups is 1. The lowest BCUT2D eigenvalue weighted by Crippen LogP contribution is -2.26. The zero-order valence-electron chi connectivity index (χ0n) is 13.3. The van der Waals surface area contributed by atoms with Gasteiger partial charge in [-0.15, -0.1) is 0 Å². The number of hydrogen-bond acceptors (Lipinski definition) is 5. The second-order valence-electron chi connectivity index (χ2n) is 6.36. The Hall–Kier alpha value is -1.44. The van der Waals surface area contributed by atoms with Crippen LogP contribution in [0, 0.1) is 0 Å². The van der Waals surface area contributed by atoms with Crippen molar-refractivity contribution in [1.82, 2.24) is 9.78 Å². The molecule has 23 heavy (non-hydrogen) atoms. The summed E-state index contributed by atoms with van der Waals surface area (Å²) in [4.78, 5) is 12.1. The highest BCUT2D eigenvalue weighted by Gasteiger charge is 2.26. The highest BCUT2D eigenvalue weighted by molar-refractivity contribution is 9.10. The van der Waals surface area contributed by atoms with Crippen LogP contribution >= 0.6 is 15.9 Å². The third-order valence-corrected chi connectivity index (χ3v) is 3.78. The van der Waals surface area contributed by atoms with Crippen LogP contribution in [0.2, 0.25) is 0 Å². The maximum absolute atomic E-state index is 12.1. The molecule has 0 unspecified atom stereocenters. The van der Waals surface area contributed by atoms with E-state index in [-0.39, 0.29) is 12.5 Å². The van der Waals surface area contributed by atoms with E-state index in [2.05, 4.69) is 21.0 Å². The standard InChI is InChI=1S/C16H19BrN2O4/c1-16(2,3)23-13(20)9-19-12-5-4-10(17)8-11(12)14(18-19)15-21-6-7-22-15/h4-5,8,15H,6-7,9H2,1-3H3. The quantitative estimate of drug-likeness (QED) is 0.762. The van der Waals surface area contributed by atoms with Gasteiger partial charge in [0.15, 0.2) is 0 Å². The first-order chi connectivity index (χ1) is 10.8. The molecule has 1 fully saturated rings.